The molecule has 2 N–H and O–H groups in total. The van der Waals surface area contributed by atoms with E-state index in [0.717, 1.165) is 16.0 Å². The van der Waals surface area contributed by atoms with Crippen molar-refractivity contribution in [2.24, 2.45) is 0 Å². The van der Waals surface area contributed by atoms with Crippen molar-refractivity contribution in [2.75, 3.05) is 13.6 Å². The molecule has 0 saturated heterocycles. The van der Waals surface area contributed by atoms with Crippen LogP contribution in [0.15, 0.2) is 54.6 Å². The Morgan fingerprint density at radius 3 is 2.59 bits per heavy atom. The zero-order valence-electron chi connectivity index (χ0n) is 13.0. The number of amides is 1. The summed E-state index contributed by atoms with van der Waals surface area (Å²) in [7, 11) is 1.93. The zero-order chi connectivity index (χ0) is 15.9. The van der Waals surface area contributed by atoms with Crippen LogP contribution in [0, 0.1) is 5.82 Å². The third-order valence-corrected chi connectivity index (χ3v) is 3.53. The number of carbonyl (C=O) groups is 1. The highest BCUT2D eigenvalue weighted by atomic mass is 19.1. The van der Waals surface area contributed by atoms with E-state index in [1.807, 2.05) is 50.4 Å². The first-order chi connectivity index (χ1) is 10.5. The highest BCUT2D eigenvalue weighted by molar-refractivity contribution is 5.77. The first kappa shape index (κ1) is 16.2. The Morgan fingerprint density at radius 1 is 1.18 bits per heavy atom. The van der Waals surface area contributed by atoms with E-state index in [2.05, 4.69) is 5.32 Å². The molecule has 2 rings (SSSR count). The quantitative estimate of drug-likeness (QED) is 0.837. The minimum absolute atomic E-state index is 0.00902. The second-order valence-electron chi connectivity index (χ2n) is 5.64. The molecule has 3 nitrogen and oxygen atoms in total. The van der Waals surface area contributed by atoms with Crippen molar-refractivity contribution in [2.45, 2.75) is 19.5 Å². The van der Waals surface area contributed by atoms with Crippen molar-refractivity contribution < 1.29 is 14.1 Å². The van der Waals surface area contributed by atoms with Gasteiger partial charge in [0, 0.05) is 5.56 Å². The van der Waals surface area contributed by atoms with Crippen LogP contribution in [0.5, 0.6) is 0 Å². The van der Waals surface area contributed by atoms with Gasteiger partial charge in [-0.3, -0.25) is 4.79 Å². The Balaban J connectivity index is 1.84. The van der Waals surface area contributed by atoms with Crippen LogP contribution < -0.4 is 10.2 Å². The minimum atomic E-state index is -0.243. The van der Waals surface area contributed by atoms with Gasteiger partial charge in [0.2, 0.25) is 0 Å². The molecule has 0 aliphatic carbocycles. The lowest BCUT2D eigenvalue weighted by molar-refractivity contribution is -0.885. The minimum Gasteiger partial charge on any atom is -0.345 e. The van der Waals surface area contributed by atoms with Gasteiger partial charge in [0.15, 0.2) is 6.54 Å². The first-order valence-electron chi connectivity index (χ1n) is 7.44. The summed E-state index contributed by atoms with van der Waals surface area (Å²) in [5.74, 6) is -0.252. The lowest BCUT2D eigenvalue weighted by Crippen LogP contribution is -3.08. The van der Waals surface area contributed by atoms with E-state index in [0.29, 0.717) is 13.1 Å². The molecular weight excluding hydrogens is 279 g/mol. The molecule has 1 unspecified atom stereocenters. The van der Waals surface area contributed by atoms with Gasteiger partial charge in [-0.2, -0.15) is 0 Å². The van der Waals surface area contributed by atoms with Crippen LogP contribution in [0.4, 0.5) is 4.39 Å². The van der Waals surface area contributed by atoms with Gasteiger partial charge in [0.25, 0.3) is 5.91 Å². The Morgan fingerprint density at radius 2 is 1.91 bits per heavy atom. The summed E-state index contributed by atoms with van der Waals surface area (Å²) >= 11 is 0. The third-order valence-electron chi connectivity index (χ3n) is 3.53. The van der Waals surface area contributed by atoms with Gasteiger partial charge in [-0.15, -0.1) is 0 Å². The number of hydrogen-bond acceptors (Lipinski definition) is 1. The molecule has 4 heteroatoms. The van der Waals surface area contributed by atoms with Crippen LogP contribution in [0.1, 0.15) is 24.1 Å². The zero-order valence-corrected chi connectivity index (χ0v) is 13.0. The van der Waals surface area contributed by atoms with Crippen LogP contribution >= 0.6 is 0 Å². The van der Waals surface area contributed by atoms with Gasteiger partial charge in [-0.05, 0) is 24.6 Å². The van der Waals surface area contributed by atoms with Crippen molar-refractivity contribution in [3.63, 3.8) is 0 Å². The maximum atomic E-state index is 13.2. The van der Waals surface area contributed by atoms with Gasteiger partial charge in [-0.25, -0.2) is 4.39 Å². The molecule has 0 fully saturated rings. The smallest absolute Gasteiger partial charge is 0.275 e. The highest BCUT2D eigenvalue weighted by Crippen LogP contribution is 2.10. The van der Waals surface area contributed by atoms with Crippen molar-refractivity contribution in [1.29, 1.82) is 0 Å². The lowest BCUT2D eigenvalue weighted by Gasteiger charge is -2.17. The van der Waals surface area contributed by atoms with E-state index in [4.69, 9.17) is 0 Å². The summed E-state index contributed by atoms with van der Waals surface area (Å²) in [5, 5.41) is 2.99. The fraction of sp³-hybridized carbons (Fsp3) is 0.278. The number of likely N-dealkylation sites (N-methyl/N-ethyl adjacent to an activating group) is 1. The summed E-state index contributed by atoms with van der Waals surface area (Å²) in [6, 6.07) is 16.3. The normalized spacial score (nSPS) is 13.4. The average molecular weight is 301 g/mol. The van der Waals surface area contributed by atoms with E-state index in [1.54, 1.807) is 6.07 Å². The van der Waals surface area contributed by atoms with Crippen molar-refractivity contribution in [3.05, 3.63) is 71.5 Å². The molecule has 0 saturated carbocycles. The Bertz CT molecular complexity index is 615. The van der Waals surface area contributed by atoms with Crippen molar-refractivity contribution in [3.8, 4) is 0 Å². The molecular formula is C18H22FN2O+. The number of rotatable bonds is 6. The van der Waals surface area contributed by atoms with Crippen LogP contribution in [-0.2, 0) is 11.3 Å². The molecule has 0 aliphatic rings. The molecule has 2 atom stereocenters. The third kappa shape index (κ3) is 4.97. The van der Waals surface area contributed by atoms with Crippen LogP contribution in [-0.4, -0.2) is 19.5 Å². The van der Waals surface area contributed by atoms with E-state index in [1.165, 1.54) is 12.1 Å². The fourth-order valence-electron chi connectivity index (χ4n) is 2.45. The highest BCUT2D eigenvalue weighted by Gasteiger charge is 2.14. The number of benzene rings is 2. The molecule has 2 aromatic carbocycles. The second kappa shape index (κ2) is 7.71. The molecule has 0 aromatic heterocycles. The van der Waals surface area contributed by atoms with Crippen LogP contribution in [0.3, 0.4) is 0 Å². The standard InChI is InChI=1S/C18H21FN2O/c1-14(16-8-4-3-5-9-16)20-18(22)13-21(2)12-15-7-6-10-17(19)11-15/h3-11,14H,12-13H2,1-2H3,(H,20,22)/p+1/t14-/m0/s1. The topological polar surface area (TPSA) is 33.5 Å². The van der Waals surface area contributed by atoms with E-state index >= 15 is 0 Å². The van der Waals surface area contributed by atoms with Gasteiger partial charge in [0.05, 0.1) is 13.1 Å². The summed E-state index contributed by atoms with van der Waals surface area (Å²) < 4.78 is 13.2. The molecule has 116 valence electrons. The summed E-state index contributed by atoms with van der Waals surface area (Å²) in [5.41, 5.74) is 1.97. The summed E-state index contributed by atoms with van der Waals surface area (Å²) in [4.78, 5) is 13.1. The first-order valence-corrected chi connectivity index (χ1v) is 7.44. The largest absolute Gasteiger partial charge is 0.345 e. The lowest BCUT2D eigenvalue weighted by atomic mass is 10.1. The van der Waals surface area contributed by atoms with E-state index < -0.39 is 0 Å². The van der Waals surface area contributed by atoms with Crippen molar-refractivity contribution >= 4 is 5.91 Å². The molecule has 22 heavy (non-hydrogen) atoms. The van der Waals surface area contributed by atoms with Crippen LogP contribution in [0.2, 0.25) is 0 Å². The second-order valence-corrected chi connectivity index (χ2v) is 5.64. The number of quaternary nitrogens is 1. The average Bonchev–Trinajstić information content (AvgIpc) is 2.47. The molecule has 1 amide bonds. The molecule has 0 aliphatic heterocycles. The van der Waals surface area contributed by atoms with E-state index in [9.17, 15) is 9.18 Å². The Labute approximate surface area is 130 Å². The van der Waals surface area contributed by atoms with Gasteiger partial charge in [0.1, 0.15) is 12.4 Å². The Kier molecular flexibility index (Phi) is 5.67. The molecule has 0 spiro atoms. The number of hydrogen-bond donors (Lipinski definition) is 2. The SMILES string of the molecule is C[C@H](NC(=O)C[NH+](C)Cc1cccc(F)c1)c1ccccc1. The predicted molar refractivity (Wildman–Crippen MR) is 84.9 cm³/mol. The maximum absolute atomic E-state index is 13.2. The van der Waals surface area contributed by atoms with Gasteiger partial charge < -0.3 is 10.2 Å². The monoisotopic (exact) mass is 301 g/mol. The number of halogens is 1. The summed E-state index contributed by atoms with van der Waals surface area (Å²) in [6.45, 7) is 2.94. The predicted octanol–water partition coefficient (Wildman–Crippen LogP) is 1.72. The number of nitrogens with one attached hydrogen (secondary N) is 2. The molecule has 2 aromatic rings. The molecule has 0 radical (unpaired) electrons. The number of carbonyl (C=O) groups excluding carboxylic acids is 1. The fourth-order valence-corrected chi connectivity index (χ4v) is 2.45. The van der Waals surface area contributed by atoms with Gasteiger partial charge >= 0.3 is 0 Å². The van der Waals surface area contributed by atoms with E-state index in [-0.39, 0.29) is 17.8 Å². The maximum Gasteiger partial charge on any atom is 0.275 e. The van der Waals surface area contributed by atoms with Gasteiger partial charge in [-0.1, -0.05) is 42.5 Å². The van der Waals surface area contributed by atoms with Crippen molar-refractivity contribution in [1.82, 2.24) is 5.32 Å². The Hall–Kier alpha value is -2.20. The van der Waals surface area contributed by atoms with Crippen LogP contribution in [0.25, 0.3) is 0 Å². The molecule has 0 bridgehead atoms. The summed E-state index contributed by atoms with van der Waals surface area (Å²) in [6.07, 6.45) is 0. The molecule has 0 heterocycles.